The summed E-state index contributed by atoms with van der Waals surface area (Å²) in [6, 6.07) is 4.32. The summed E-state index contributed by atoms with van der Waals surface area (Å²) in [7, 11) is 1.75. The molecule has 1 heterocycles. The number of halogens is 2. The van der Waals surface area contributed by atoms with Crippen LogP contribution >= 0.6 is 11.6 Å². The molecule has 2 rings (SSSR count). The monoisotopic (exact) mass is 294 g/mol. The van der Waals surface area contributed by atoms with E-state index < -0.39 is 5.82 Å². The average molecular weight is 295 g/mol. The summed E-state index contributed by atoms with van der Waals surface area (Å²) < 4.78 is 15.0. The van der Waals surface area contributed by atoms with Crippen molar-refractivity contribution in [3.8, 4) is 0 Å². The lowest BCUT2D eigenvalue weighted by Crippen LogP contribution is -2.09. The first-order chi connectivity index (χ1) is 9.42. The number of benzene rings is 1. The minimum Gasteiger partial charge on any atom is -0.294 e. The number of ketones is 1. The number of aromatic nitrogens is 2. The fraction of sp³-hybridized carbons (Fsp3) is 0.333. The summed E-state index contributed by atoms with van der Waals surface area (Å²) in [5.41, 5.74) is 2.51. The van der Waals surface area contributed by atoms with Crippen LogP contribution in [0.25, 0.3) is 0 Å². The van der Waals surface area contributed by atoms with E-state index >= 15 is 0 Å². The summed E-state index contributed by atoms with van der Waals surface area (Å²) >= 11 is 6.21. The summed E-state index contributed by atoms with van der Waals surface area (Å²) in [5, 5.41) is 4.79. The van der Waals surface area contributed by atoms with Crippen LogP contribution in [-0.2, 0) is 19.9 Å². The van der Waals surface area contributed by atoms with Crippen LogP contribution < -0.4 is 0 Å². The van der Waals surface area contributed by atoms with Gasteiger partial charge in [0.25, 0.3) is 0 Å². The van der Waals surface area contributed by atoms with Crippen molar-refractivity contribution in [2.75, 3.05) is 0 Å². The highest BCUT2D eigenvalue weighted by atomic mass is 35.5. The van der Waals surface area contributed by atoms with E-state index in [9.17, 15) is 9.18 Å². The Hall–Kier alpha value is -1.68. The SMILES string of the molecule is CCc1nn(C)c(CC(=O)c2cc(C)cc(F)c2)c1Cl. The fourth-order valence-electron chi connectivity index (χ4n) is 2.16. The minimum atomic E-state index is -0.404. The van der Waals surface area contributed by atoms with Gasteiger partial charge < -0.3 is 0 Å². The van der Waals surface area contributed by atoms with E-state index in [-0.39, 0.29) is 12.2 Å². The molecule has 0 aliphatic heterocycles. The first kappa shape index (κ1) is 14.7. The lowest BCUT2D eigenvalue weighted by atomic mass is 10.0. The summed E-state index contributed by atoms with van der Waals surface area (Å²) in [6.07, 6.45) is 0.825. The second-order valence-electron chi connectivity index (χ2n) is 4.80. The van der Waals surface area contributed by atoms with Crippen molar-refractivity contribution in [1.29, 1.82) is 0 Å². The van der Waals surface area contributed by atoms with Gasteiger partial charge in [0, 0.05) is 12.6 Å². The zero-order valence-corrected chi connectivity index (χ0v) is 12.5. The van der Waals surface area contributed by atoms with Crippen LogP contribution in [0.1, 0.15) is 34.2 Å². The van der Waals surface area contributed by atoms with E-state index in [1.54, 1.807) is 24.7 Å². The zero-order chi connectivity index (χ0) is 14.9. The Morgan fingerprint density at radius 3 is 2.65 bits per heavy atom. The number of carbonyl (C=O) groups is 1. The van der Waals surface area contributed by atoms with Crippen molar-refractivity contribution in [3.05, 3.63) is 51.6 Å². The van der Waals surface area contributed by atoms with Crippen LogP contribution in [0, 0.1) is 12.7 Å². The average Bonchev–Trinajstić information content (AvgIpc) is 2.65. The maximum Gasteiger partial charge on any atom is 0.168 e. The van der Waals surface area contributed by atoms with E-state index in [2.05, 4.69) is 5.10 Å². The maximum absolute atomic E-state index is 13.3. The molecule has 0 radical (unpaired) electrons. The van der Waals surface area contributed by atoms with E-state index in [0.717, 1.165) is 11.3 Å². The molecule has 0 aliphatic carbocycles. The molecular formula is C15H16ClFN2O. The van der Waals surface area contributed by atoms with Crippen molar-refractivity contribution in [1.82, 2.24) is 9.78 Å². The third-order valence-corrected chi connectivity index (χ3v) is 3.63. The number of rotatable bonds is 4. The van der Waals surface area contributed by atoms with Crippen molar-refractivity contribution in [3.63, 3.8) is 0 Å². The summed E-state index contributed by atoms with van der Waals surface area (Å²) in [5.74, 6) is -0.571. The molecule has 0 saturated heterocycles. The van der Waals surface area contributed by atoms with Gasteiger partial charge in [-0.3, -0.25) is 9.48 Å². The first-order valence-corrected chi connectivity index (χ1v) is 6.80. The Bertz CT molecular complexity index is 644. The molecule has 5 heteroatoms. The lowest BCUT2D eigenvalue weighted by Gasteiger charge is -2.04. The number of aryl methyl sites for hydroxylation is 3. The standard InChI is InChI=1S/C15H16ClFN2O/c1-4-12-15(16)13(19(3)18-12)8-14(20)10-5-9(2)6-11(17)7-10/h5-7H,4,8H2,1-3H3. The van der Waals surface area contributed by atoms with Crippen LogP contribution in [-0.4, -0.2) is 15.6 Å². The van der Waals surface area contributed by atoms with E-state index in [0.29, 0.717) is 22.7 Å². The third-order valence-electron chi connectivity index (χ3n) is 3.20. The molecule has 0 fully saturated rings. The van der Waals surface area contributed by atoms with Gasteiger partial charge in [0.05, 0.1) is 22.8 Å². The van der Waals surface area contributed by atoms with E-state index in [1.165, 1.54) is 12.1 Å². The van der Waals surface area contributed by atoms with Gasteiger partial charge in [-0.05, 0) is 37.1 Å². The van der Waals surface area contributed by atoms with Crippen LogP contribution in [0.15, 0.2) is 18.2 Å². The number of nitrogens with zero attached hydrogens (tertiary/aromatic N) is 2. The quantitative estimate of drug-likeness (QED) is 0.809. The van der Waals surface area contributed by atoms with Crippen LogP contribution in [0.3, 0.4) is 0 Å². The van der Waals surface area contributed by atoms with Gasteiger partial charge in [-0.25, -0.2) is 4.39 Å². The van der Waals surface area contributed by atoms with Gasteiger partial charge in [0.2, 0.25) is 0 Å². The number of carbonyl (C=O) groups excluding carboxylic acids is 1. The van der Waals surface area contributed by atoms with Gasteiger partial charge in [-0.2, -0.15) is 5.10 Å². The molecule has 0 amide bonds. The second kappa shape index (κ2) is 5.75. The van der Waals surface area contributed by atoms with Crippen molar-refractivity contribution < 1.29 is 9.18 Å². The predicted molar refractivity (Wildman–Crippen MR) is 76.8 cm³/mol. The Labute approximate surface area is 122 Å². The Kier molecular flexibility index (Phi) is 4.23. The van der Waals surface area contributed by atoms with Crippen molar-refractivity contribution in [2.45, 2.75) is 26.7 Å². The molecule has 0 N–H and O–H groups in total. The smallest absolute Gasteiger partial charge is 0.168 e. The molecule has 0 saturated carbocycles. The van der Waals surface area contributed by atoms with Crippen LogP contribution in [0.2, 0.25) is 5.02 Å². The van der Waals surface area contributed by atoms with Crippen LogP contribution in [0.5, 0.6) is 0 Å². The highest BCUT2D eigenvalue weighted by molar-refractivity contribution is 6.32. The Morgan fingerprint density at radius 2 is 2.10 bits per heavy atom. The fourth-order valence-corrected chi connectivity index (χ4v) is 2.52. The summed E-state index contributed by atoms with van der Waals surface area (Å²) in [4.78, 5) is 12.3. The molecule has 0 unspecified atom stereocenters. The molecule has 20 heavy (non-hydrogen) atoms. The molecule has 1 aromatic carbocycles. The van der Waals surface area contributed by atoms with Crippen molar-refractivity contribution in [2.24, 2.45) is 7.05 Å². The second-order valence-corrected chi connectivity index (χ2v) is 5.18. The normalized spacial score (nSPS) is 10.8. The third kappa shape index (κ3) is 2.90. The van der Waals surface area contributed by atoms with Gasteiger partial charge >= 0.3 is 0 Å². The minimum absolute atomic E-state index is 0.116. The molecule has 0 atom stereocenters. The molecule has 1 aromatic heterocycles. The van der Waals surface area contributed by atoms with E-state index in [4.69, 9.17) is 11.6 Å². The molecule has 2 aromatic rings. The van der Waals surface area contributed by atoms with Crippen molar-refractivity contribution >= 4 is 17.4 Å². The Morgan fingerprint density at radius 1 is 1.40 bits per heavy atom. The van der Waals surface area contributed by atoms with Gasteiger partial charge in [-0.1, -0.05) is 18.5 Å². The van der Waals surface area contributed by atoms with Gasteiger partial charge in [-0.15, -0.1) is 0 Å². The molecule has 106 valence electrons. The molecule has 0 spiro atoms. The zero-order valence-electron chi connectivity index (χ0n) is 11.7. The highest BCUT2D eigenvalue weighted by Gasteiger charge is 2.17. The molecular weight excluding hydrogens is 279 g/mol. The summed E-state index contributed by atoms with van der Waals surface area (Å²) in [6.45, 7) is 3.71. The maximum atomic E-state index is 13.3. The lowest BCUT2D eigenvalue weighted by molar-refractivity contribution is 0.0990. The molecule has 3 nitrogen and oxygen atoms in total. The number of Topliss-reactive ketones (excluding diaryl/α,β-unsaturated/α-hetero) is 1. The van der Waals surface area contributed by atoms with E-state index in [1.807, 2.05) is 6.92 Å². The first-order valence-electron chi connectivity index (χ1n) is 6.43. The Balaban J connectivity index is 2.30. The van der Waals surface area contributed by atoms with Gasteiger partial charge in [0.1, 0.15) is 5.82 Å². The molecule has 0 aliphatic rings. The number of hydrogen-bond acceptors (Lipinski definition) is 2. The molecule has 0 bridgehead atoms. The van der Waals surface area contributed by atoms with Gasteiger partial charge in [0.15, 0.2) is 5.78 Å². The topological polar surface area (TPSA) is 34.9 Å². The van der Waals surface area contributed by atoms with Crippen LogP contribution in [0.4, 0.5) is 4.39 Å². The predicted octanol–water partition coefficient (Wildman–Crippen LogP) is 3.51. The largest absolute Gasteiger partial charge is 0.294 e. The number of hydrogen-bond donors (Lipinski definition) is 0. The highest BCUT2D eigenvalue weighted by Crippen LogP contribution is 2.22.